The minimum absolute atomic E-state index is 0.0805. The number of carbonyl (C=O) groups excluding carboxylic acids is 1. The maximum Gasteiger partial charge on any atom is 0.200 e. The summed E-state index contributed by atoms with van der Waals surface area (Å²) in [6.45, 7) is 6.58. The molecule has 2 heterocycles. The van der Waals surface area contributed by atoms with Gasteiger partial charge in [0, 0.05) is 5.56 Å². The van der Waals surface area contributed by atoms with Crippen molar-refractivity contribution in [2.24, 2.45) is 0 Å². The Balaban J connectivity index is 1.63. The smallest absolute Gasteiger partial charge is 0.200 e. The summed E-state index contributed by atoms with van der Waals surface area (Å²) >= 11 is 1.42. The summed E-state index contributed by atoms with van der Waals surface area (Å²) in [4.78, 5) is 13.0. The van der Waals surface area contributed by atoms with E-state index < -0.39 is 0 Å². The second-order valence-electron chi connectivity index (χ2n) is 7.28. The zero-order chi connectivity index (χ0) is 21.1. The van der Waals surface area contributed by atoms with Gasteiger partial charge in [0.25, 0.3) is 0 Å². The molecule has 152 valence electrons. The molecule has 4 rings (SSSR count). The summed E-state index contributed by atoms with van der Waals surface area (Å²) in [6.07, 6.45) is 1.62. The number of Topliss-reactive ketones (excluding diaryl/α,β-unsaturated/α-hetero) is 1. The van der Waals surface area contributed by atoms with E-state index in [1.807, 2.05) is 73.9 Å². The molecule has 4 aromatic rings. The molecular formula is C24H23N3O2S. The van der Waals surface area contributed by atoms with E-state index in [4.69, 9.17) is 4.42 Å². The third-order valence-corrected chi connectivity index (χ3v) is 6.17. The van der Waals surface area contributed by atoms with Gasteiger partial charge in [-0.2, -0.15) is 0 Å². The van der Waals surface area contributed by atoms with Crippen molar-refractivity contribution in [1.29, 1.82) is 0 Å². The van der Waals surface area contributed by atoms with Gasteiger partial charge in [-0.15, -0.1) is 10.2 Å². The van der Waals surface area contributed by atoms with E-state index in [-0.39, 0.29) is 11.0 Å². The second-order valence-corrected chi connectivity index (χ2v) is 8.59. The minimum atomic E-state index is -0.296. The molecule has 30 heavy (non-hydrogen) atoms. The van der Waals surface area contributed by atoms with E-state index >= 15 is 0 Å². The molecule has 0 fully saturated rings. The van der Waals surface area contributed by atoms with Crippen LogP contribution in [0.3, 0.4) is 0 Å². The van der Waals surface area contributed by atoms with E-state index in [0.717, 1.165) is 16.7 Å². The quantitative estimate of drug-likeness (QED) is 0.291. The standard InChI is InChI=1S/C24H23N3O2S/c1-16-11-12-20(14-17(16)2)22(28)18(3)30-24-26-25-23(21-10-7-13-29-21)27(24)15-19-8-5-4-6-9-19/h4-14,18H,15H2,1-3H3/t18-/m1/s1. The lowest BCUT2D eigenvalue weighted by Crippen LogP contribution is -2.15. The zero-order valence-electron chi connectivity index (χ0n) is 17.2. The third-order valence-electron chi connectivity index (χ3n) is 5.08. The molecule has 6 heteroatoms. The van der Waals surface area contributed by atoms with Crippen LogP contribution in [0.4, 0.5) is 0 Å². The predicted molar refractivity (Wildman–Crippen MR) is 119 cm³/mol. The van der Waals surface area contributed by atoms with Crippen LogP contribution < -0.4 is 0 Å². The Morgan fingerprint density at radius 1 is 1.03 bits per heavy atom. The van der Waals surface area contributed by atoms with E-state index in [2.05, 4.69) is 22.3 Å². The van der Waals surface area contributed by atoms with Gasteiger partial charge in [0.05, 0.1) is 18.1 Å². The van der Waals surface area contributed by atoms with Gasteiger partial charge >= 0.3 is 0 Å². The molecule has 0 saturated carbocycles. The van der Waals surface area contributed by atoms with Gasteiger partial charge in [-0.1, -0.05) is 54.2 Å². The first-order valence-corrected chi connectivity index (χ1v) is 10.7. The van der Waals surface area contributed by atoms with Crippen LogP contribution in [0.5, 0.6) is 0 Å². The van der Waals surface area contributed by atoms with E-state index in [1.54, 1.807) is 6.26 Å². The Labute approximate surface area is 180 Å². The molecule has 0 radical (unpaired) electrons. The number of aryl methyl sites for hydroxylation is 2. The number of thioether (sulfide) groups is 1. The van der Waals surface area contributed by atoms with Gasteiger partial charge < -0.3 is 4.42 Å². The van der Waals surface area contributed by atoms with Gasteiger partial charge in [-0.05, 0) is 55.7 Å². The molecule has 0 aliphatic rings. The highest BCUT2D eigenvalue weighted by Crippen LogP contribution is 2.29. The largest absolute Gasteiger partial charge is 0.461 e. The van der Waals surface area contributed by atoms with E-state index in [9.17, 15) is 4.79 Å². The van der Waals surface area contributed by atoms with Gasteiger partial charge in [0.1, 0.15) is 0 Å². The SMILES string of the molecule is Cc1ccc(C(=O)[C@@H](C)Sc2nnc(-c3ccco3)n2Cc2ccccc2)cc1C. The van der Waals surface area contributed by atoms with E-state index in [0.29, 0.717) is 23.3 Å². The third kappa shape index (κ3) is 4.24. The van der Waals surface area contributed by atoms with Crippen molar-refractivity contribution in [3.63, 3.8) is 0 Å². The van der Waals surface area contributed by atoms with Crippen molar-refractivity contribution in [3.8, 4) is 11.6 Å². The fourth-order valence-corrected chi connectivity index (χ4v) is 4.14. The Kier molecular flexibility index (Phi) is 5.86. The van der Waals surface area contributed by atoms with Crippen LogP contribution in [-0.4, -0.2) is 25.8 Å². The van der Waals surface area contributed by atoms with Crippen LogP contribution in [0.15, 0.2) is 76.5 Å². The molecule has 0 unspecified atom stereocenters. The first kappa shape index (κ1) is 20.2. The lowest BCUT2D eigenvalue weighted by molar-refractivity contribution is 0.0993. The van der Waals surface area contributed by atoms with Crippen molar-refractivity contribution in [2.45, 2.75) is 37.7 Å². The van der Waals surface area contributed by atoms with Crippen molar-refractivity contribution >= 4 is 17.5 Å². The number of rotatable bonds is 7. The fourth-order valence-electron chi connectivity index (χ4n) is 3.21. The minimum Gasteiger partial charge on any atom is -0.461 e. The van der Waals surface area contributed by atoms with Crippen molar-refractivity contribution in [1.82, 2.24) is 14.8 Å². The number of nitrogens with zero attached hydrogens (tertiary/aromatic N) is 3. The molecule has 1 atom stereocenters. The highest BCUT2D eigenvalue weighted by molar-refractivity contribution is 8.00. The van der Waals surface area contributed by atoms with Crippen molar-refractivity contribution < 1.29 is 9.21 Å². The molecule has 0 saturated heterocycles. The predicted octanol–water partition coefficient (Wildman–Crippen LogP) is 5.57. The topological polar surface area (TPSA) is 60.9 Å². The number of ketones is 1. The Morgan fingerprint density at radius 2 is 1.83 bits per heavy atom. The fraction of sp³-hybridized carbons (Fsp3) is 0.208. The molecule has 5 nitrogen and oxygen atoms in total. The normalized spacial score (nSPS) is 12.1. The van der Waals surface area contributed by atoms with Crippen LogP contribution in [0.25, 0.3) is 11.6 Å². The Hall–Kier alpha value is -3.12. The number of carbonyl (C=O) groups is 1. The van der Waals surface area contributed by atoms with Gasteiger partial charge in [-0.25, -0.2) is 0 Å². The lowest BCUT2D eigenvalue weighted by Gasteiger charge is -2.13. The first-order valence-electron chi connectivity index (χ1n) is 9.82. The number of hydrogen-bond donors (Lipinski definition) is 0. The Bertz CT molecular complexity index is 1150. The van der Waals surface area contributed by atoms with Gasteiger partial charge in [0.15, 0.2) is 16.7 Å². The highest BCUT2D eigenvalue weighted by Gasteiger charge is 2.23. The number of furan rings is 1. The molecule has 0 amide bonds. The molecule has 2 aromatic carbocycles. The molecule has 0 aliphatic heterocycles. The highest BCUT2D eigenvalue weighted by atomic mass is 32.2. The van der Waals surface area contributed by atoms with Crippen LogP contribution in [0, 0.1) is 13.8 Å². The average Bonchev–Trinajstić information content (AvgIpc) is 3.41. The van der Waals surface area contributed by atoms with Crippen molar-refractivity contribution in [2.75, 3.05) is 0 Å². The summed E-state index contributed by atoms with van der Waals surface area (Å²) in [5, 5.41) is 9.13. The summed E-state index contributed by atoms with van der Waals surface area (Å²) in [6, 6.07) is 19.7. The summed E-state index contributed by atoms with van der Waals surface area (Å²) < 4.78 is 7.56. The summed E-state index contributed by atoms with van der Waals surface area (Å²) in [5.74, 6) is 1.38. The van der Waals surface area contributed by atoms with Crippen LogP contribution in [0.2, 0.25) is 0 Å². The maximum atomic E-state index is 13.0. The van der Waals surface area contributed by atoms with Gasteiger partial charge in [0.2, 0.25) is 5.82 Å². The molecule has 0 N–H and O–H groups in total. The number of aromatic nitrogens is 3. The van der Waals surface area contributed by atoms with Crippen LogP contribution in [0.1, 0.15) is 34.0 Å². The van der Waals surface area contributed by atoms with Crippen molar-refractivity contribution in [3.05, 3.63) is 89.2 Å². The molecule has 2 aromatic heterocycles. The molecule has 0 spiro atoms. The number of hydrogen-bond acceptors (Lipinski definition) is 5. The monoisotopic (exact) mass is 417 g/mol. The summed E-state index contributed by atoms with van der Waals surface area (Å²) in [5.41, 5.74) is 4.14. The second kappa shape index (κ2) is 8.71. The average molecular weight is 418 g/mol. The Morgan fingerprint density at radius 3 is 2.53 bits per heavy atom. The van der Waals surface area contributed by atoms with Gasteiger partial charge in [-0.3, -0.25) is 9.36 Å². The maximum absolute atomic E-state index is 13.0. The molecular weight excluding hydrogens is 394 g/mol. The van der Waals surface area contributed by atoms with Crippen LogP contribution >= 0.6 is 11.8 Å². The zero-order valence-corrected chi connectivity index (χ0v) is 18.0. The molecule has 0 aliphatic carbocycles. The number of benzene rings is 2. The first-order chi connectivity index (χ1) is 14.5. The van der Waals surface area contributed by atoms with E-state index in [1.165, 1.54) is 17.3 Å². The lowest BCUT2D eigenvalue weighted by atomic mass is 10.0. The van der Waals surface area contributed by atoms with Crippen LogP contribution in [-0.2, 0) is 6.54 Å². The summed E-state index contributed by atoms with van der Waals surface area (Å²) in [7, 11) is 0. The molecule has 0 bridgehead atoms.